The molecule has 1 saturated heterocycles. The molecule has 1 aliphatic rings. The zero-order valence-corrected chi connectivity index (χ0v) is 12.5. The molecule has 4 heteroatoms. The van der Waals surface area contributed by atoms with E-state index < -0.39 is 0 Å². The molecule has 2 rings (SSSR count). The monoisotopic (exact) mass is 282 g/mol. The highest BCUT2D eigenvalue weighted by molar-refractivity contribution is 7.99. The lowest BCUT2D eigenvalue weighted by Gasteiger charge is -2.31. The lowest BCUT2D eigenvalue weighted by molar-refractivity contribution is 0.269. The number of hydrogen-bond donors (Lipinski definition) is 1. The predicted molar refractivity (Wildman–Crippen MR) is 81.2 cm³/mol. The van der Waals surface area contributed by atoms with Crippen LogP contribution < -0.4 is 5.32 Å². The van der Waals surface area contributed by atoms with Gasteiger partial charge < -0.3 is 10.2 Å². The number of thioether (sulfide) groups is 1. The lowest BCUT2D eigenvalue weighted by Crippen LogP contribution is -2.38. The molecule has 0 saturated carbocycles. The van der Waals surface area contributed by atoms with Crippen LogP contribution in [0.1, 0.15) is 24.9 Å². The highest BCUT2D eigenvalue weighted by atomic mass is 32.2. The first-order valence-electron chi connectivity index (χ1n) is 6.95. The molecule has 1 aromatic carbocycles. The van der Waals surface area contributed by atoms with Crippen LogP contribution in [0.15, 0.2) is 24.3 Å². The highest BCUT2D eigenvalue weighted by Crippen LogP contribution is 2.21. The number of benzene rings is 1. The van der Waals surface area contributed by atoms with Crippen LogP contribution in [0.25, 0.3) is 0 Å². The van der Waals surface area contributed by atoms with Crippen molar-refractivity contribution in [2.75, 3.05) is 32.4 Å². The second-order valence-electron chi connectivity index (χ2n) is 5.16. The minimum Gasteiger partial charge on any atom is -0.313 e. The smallest absolute Gasteiger partial charge is 0.123 e. The van der Waals surface area contributed by atoms with Gasteiger partial charge in [-0.25, -0.2) is 4.39 Å². The molecule has 0 radical (unpaired) electrons. The molecule has 106 valence electrons. The molecule has 2 unspecified atom stereocenters. The van der Waals surface area contributed by atoms with Gasteiger partial charge in [-0.05, 0) is 31.2 Å². The van der Waals surface area contributed by atoms with Crippen LogP contribution in [-0.4, -0.2) is 42.6 Å². The molecular weight excluding hydrogens is 259 g/mol. The van der Waals surface area contributed by atoms with Crippen LogP contribution in [0.3, 0.4) is 0 Å². The Balaban J connectivity index is 1.87. The van der Waals surface area contributed by atoms with E-state index in [-0.39, 0.29) is 5.82 Å². The Morgan fingerprint density at radius 1 is 1.42 bits per heavy atom. The average molecular weight is 282 g/mol. The van der Waals surface area contributed by atoms with E-state index in [0.717, 1.165) is 18.2 Å². The van der Waals surface area contributed by atoms with E-state index in [0.29, 0.717) is 6.04 Å². The molecule has 0 amide bonds. The molecule has 1 fully saturated rings. The van der Waals surface area contributed by atoms with Crippen LogP contribution in [0.4, 0.5) is 4.39 Å². The standard InChI is InChI=1S/C15H23FN2S/c1-12-11-18(9-10-19-12)8-7-15(17-2)13-3-5-14(16)6-4-13/h3-6,12,15,17H,7-11H2,1-2H3. The van der Waals surface area contributed by atoms with Crippen molar-refractivity contribution in [2.45, 2.75) is 24.6 Å². The molecule has 0 aromatic heterocycles. The van der Waals surface area contributed by atoms with E-state index in [2.05, 4.69) is 28.9 Å². The Kier molecular flexibility index (Phi) is 5.67. The maximum absolute atomic E-state index is 12.9. The fourth-order valence-corrected chi connectivity index (χ4v) is 3.66. The minimum absolute atomic E-state index is 0.166. The number of halogens is 1. The summed E-state index contributed by atoms with van der Waals surface area (Å²) in [6, 6.07) is 7.15. The molecule has 1 heterocycles. The number of rotatable bonds is 5. The molecular formula is C15H23FN2S. The first kappa shape index (κ1) is 14.8. The van der Waals surface area contributed by atoms with Gasteiger partial charge in [0.15, 0.2) is 0 Å². The zero-order chi connectivity index (χ0) is 13.7. The van der Waals surface area contributed by atoms with Crippen molar-refractivity contribution in [3.8, 4) is 0 Å². The summed E-state index contributed by atoms with van der Waals surface area (Å²) in [5, 5.41) is 4.08. The maximum atomic E-state index is 12.9. The lowest BCUT2D eigenvalue weighted by atomic mass is 10.0. The fraction of sp³-hybridized carbons (Fsp3) is 0.600. The Morgan fingerprint density at radius 2 is 2.16 bits per heavy atom. The third-order valence-corrected chi connectivity index (χ3v) is 4.82. The summed E-state index contributed by atoms with van der Waals surface area (Å²) in [6.07, 6.45) is 1.07. The van der Waals surface area contributed by atoms with E-state index in [1.807, 2.05) is 19.2 Å². The summed E-state index contributed by atoms with van der Waals surface area (Å²) in [5.74, 6) is 1.07. The van der Waals surface area contributed by atoms with Gasteiger partial charge >= 0.3 is 0 Å². The van der Waals surface area contributed by atoms with Crippen molar-refractivity contribution < 1.29 is 4.39 Å². The van der Waals surface area contributed by atoms with E-state index >= 15 is 0 Å². The number of hydrogen-bond acceptors (Lipinski definition) is 3. The summed E-state index contributed by atoms with van der Waals surface area (Å²) in [6.45, 7) is 5.78. The van der Waals surface area contributed by atoms with E-state index in [1.165, 1.54) is 24.4 Å². The molecule has 0 bridgehead atoms. The van der Waals surface area contributed by atoms with Crippen LogP contribution in [-0.2, 0) is 0 Å². The Labute approximate surface area is 119 Å². The van der Waals surface area contributed by atoms with Crippen molar-refractivity contribution in [1.82, 2.24) is 10.2 Å². The average Bonchev–Trinajstić information content (AvgIpc) is 2.41. The van der Waals surface area contributed by atoms with Crippen LogP contribution >= 0.6 is 11.8 Å². The van der Waals surface area contributed by atoms with Gasteiger partial charge in [0.2, 0.25) is 0 Å². The number of nitrogens with one attached hydrogen (secondary N) is 1. The van der Waals surface area contributed by atoms with Crippen molar-refractivity contribution in [3.63, 3.8) is 0 Å². The Hall–Kier alpha value is -0.580. The van der Waals surface area contributed by atoms with Gasteiger partial charge in [0, 0.05) is 36.7 Å². The van der Waals surface area contributed by atoms with Crippen LogP contribution in [0, 0.1) is 5.82 Å². The zero-order valence-electron chi connectivity index (χ0n) is 11.7. The summed E-state index contributed by atoms with van der Waals surface area (Å²) in [5.41, 5.74) is 1.17. The van der Waals surface area contributed by atoms with E-state index in [9.17, 15) is 4.39 Å². The molecule has 1 aromatic rings. The van der Waals surface area contributed by atoms with Crippen LogP contribution in [0.2, 0.25) is 0 Å². The summed E-state index contributed by atoms with van der Waals surface area (Å²) >= 11 is 2.06. The van der Waals surface area contributed by atoms with Crippen molar-refractivity contribution in [1.29, 1.82) is 0 Å². The molecule has 1 aliphatic heterocycles. The largest absolute Gasteiger partial charge is 0.313 e. The summed E-state index contributed by atoms with van der Waals surface area (Å²) in [7, 11) is 1.97. The van der Waals surface area contributed by atoms with Gasteiger partial charge in [-0.2, -0.15) is 11.8 Å². The summed E-state index contributed by atoms with van der Waals surface area (Å²) in [4.78, 5) is 2.54. The fourth-order valence-electron chi connectivity index (χ4n) is 2.58. The van der Waals surface area contributed by atoms with Gasteiger partial charge in [0.25, 0.3) is 0 Å². The van der Waals surface area contributed by atoms with Crippen molar-refractivity contribution in [2.24, 2.45) is 0 Å². The Bertz CT molecular complexity index is 382. The molecule has 0 aliphatic carbocycles. The van der Waals surface area contributed by atoms with Gasteiger partial charge in [-0.15, -0.1) is 0 Å². The topological polar surface area (TPSA) is 15.3 Å². The second kappa shape index (κ2) is 7.27. The highest BCUT2D eigenvalue weighted by Gasteiger charge is 2.18. The molecule has 0 spiro atoms. The molecule has 2 nitrogen and oxygen atoms in total. The first-order chi connectivity index (χ1) is 9.19. The summed E-state index contributed by atoms with van der Waals surface area (Å²) < 4.78 is 12.9. The predicted octanol–water partition coefficient (Wildman–Crippen LogP) is 2.91. The van der Waals surface area contributed by atoms with Gasteiger partial charge in [-0.1, -0.05) is 19.1 Å². The van der Waals surface area contributed by atoms with Gasteiger partial charge in [-0.3, -0.25) is 0 Å². The first-order valence-corrected chi connectivity index (χ1v) is 8.00. The normalized spacial score (nSPS) is 22.4. The molecule has 1 N–H and O–H groups in total. The van der Waals surface area contributed by atoms with Crippen LogP contribution in [0.5, 0.6) is 0 Å². The second-order valence-corrected chi connectivity index (χ2v) is 6.71. The molecule has 2 atom stereocenters. The van der Waals surface area contributed by atoms with E-state index in [4.69, 9.17) is 0 Å². The van der Waals surface area contributed by atoms with Gasteiger partial charge in [0.05, 0.1) is 0 Å². The SMILES string of the molecule is CNC(CCN1CCSC(C)C1)c1ccc(F)cc1. The molecule has 19 heavy (non-hydrogen) atoms. The third-order valence-electron chi connectivity index (χ3n) is 3.68. The maximum Gasteiger partial charge on any atom is 0.123 e. The third kappa shape index (κ3) is 4.48. The Morgan fingerprint density at radius 3 is 2.79 bits per heavy atom. The minimum atomic E-state index is -0.166. The van der Waals surface area contributed by atoms with Crippen molar-refractivity contribution >= 4 is 11.8 Å². The van der Waals surface area contributed by atoms with E-state index in [1.54, 1.807) is 12.1 Å². The van der Waals surface area contributed by atoms with Gasteiger partial charge in [0.1, 0.15) is 5.82 Å². The number of nitrogens with zero attached hydrogens (tertiary/aromatic N) is 1. The quantitative estimate of drug-likeness (QED) is 0.894. The van der Waals surface area contributed by atoms with Crippen molar-refractivity contribution in [3.05, 3.63) is 35.6 Å².